The fourth-order valence-electron chi connectivity index (χ4n) is 4.29. The minimum absolute atomic E-state index is 0.0400. The van der Waals surface area contributed by atoms with Crippen molar-refractivity contribution >= 4 is 22.8 Å². The number of thiazole rings is 1. The number of rotatable bonds is 4. The van der Waals surface area contributed by atoms with Crippen LogP contribution >= 0.6 is 11.3 Å². The SMILES string of the molecule is CO[C@H]1CCN(c2cc(N3CCc4nc(-c5cscn5)ncc4C3C)cc(F)n2)C1. The third-order valence-corrected chi connectivity index (χ3v) is 6.55. The number of hydrogen-bond acceptors (Lipinski definition) is 8. The van der Waals surface area contributed by atoms with Crippen molar-refractivity contribution in [1.82, 2.24) is 19.9 Å². The van der Waals surface area contributed by atoms with E-state index in [1.165, 1.54) is 17.4 Å². The van der Waals surface area contributed by atoms with Crippen LogP contribution in [0.4, 0.5) is 15.9 Å². The van der Waals surface area contributed by atoms with Gasteiger partial charge in [-0.15, -0.1) is 11.3 Å². The van der Waals surface area contributed by atoms with Gasteiger partial charge >= 0.3 is 0 Å². The highest BCUT2D eigenvalue weighted by Gasteiger charge is 2.29. The van der Waals surface area contributed by atoms with Crippen LogP contribution in [0.5, 0.6) is 0 Å². The number of hydrogen-bond donors (Lipinski definition) is 0. The predicted molar refractivity (Wildman–Crippen MR) is 114 cm³/mol. The minimum atomic E-state index is -0.462. The number of halogens is 1. The van der Waals surface area contributed by atoms with E-state index in [1.54, 1.807) is 12.6 Å². The fourth-order valence-corrected chi connectivity index (χ4v) is 4.82. The van der Waals surface area contributed by atoms with E-state index in [4.69, 9.17) is 9.72 Å². The first-order valence-electron chi connectivity index (χ1n) is 10.1. The van der Waals surface area contributed by atoms with Crippen molar-refractivity contribution in [3.8, 4) is 11.5 Å². The van der Waals surface area contributed by atoms with E-state index in [-0.39, 0.29) is 12.1 Å². The van der Waals surface area contributed by atoms with Crippen LogP contribution in [0, 0.1) is 5.95 Å². The Balaban J connectivity index is 1.42. The van der Waals surface area contributed by atoms with Gasteiger partial charge < -0.3 is 14.5 Å². The zero-order valence-corrected chi connectivity index (χ0v) is 17.8. The maximum Gasteiger partial charge on any atom is 0.216 e. The Bertz CT molecular complexity index is 1050. The van der Waals surface area contributed by atoms with Crippen molar-refractivity contribution in [3.63, 3.8) is 0 Å². The third kappa shape index (κ3) is 3.52. The second kappa shape index (κ2) is 7.88. The molecule has 1 saturated heterocycles. The van der Waals surface area contributed by atoms with E-state index in [9.17, 15) is 4.39 Å². The van der Waals surface area contributed by atoms with Crippen molar-refractivity contribution in [2.75, 3.05) is 36.5 Å². The molecule has 156 valence electrons. The van der Waals surface area contributed by atoms with Gasteiger partial charge in [0.1, 0.15) is 11.5 Å². The van der Waals surface area contributed by atoms with Gasteiger partial charge in [-0.05, 0) is 13.3 Å². The summed E-state index contributed by atoms with van der Waals surface area (Å²) in [5, 5.41) is 1.95. The zero-order valence-electron chi connectivity index (χ0n) is 17.0. The van der Waals surface area contributed by atoms with Gasteiger partial charge in [0, 0.05) is 68.1 Å². The van der Waals surface area contributed by atoms with Crippen molar-refractivity contribution in [1.29, 1.82) is 0 Å². The second-order valence-corrected chi connectivity index (χ2v) is 8.41. The van der Waals surface area contributed by atoms with Gasteiger partial charge in [-0.1, -0.05) is 0 Å². The molecule has 0 aliphatic carbocycles. The molecule has 0 spiro atoms. The van der Waals surface area contributed by atoms with Crippen LogP contribution in [-0.2, 0) is 11.2 Å². The topological polar surface area (TPSA) is 67.3 Å². The Hall–Kier alpha value is -2.65. The highest BCUT2D eigenvalue weighted by atomic mass is 32.1. The lowest BCUT2D eigenvalue weighted by Crippen LogP contribution is -2.35. The Labute approximate surface area is 178 Å². The highest BCUT2D eigenvalue weighted by Crippen LogP contribution is 2.35. The molecule has 5 heterocycles. The number of nitrogens with zero attached hydrogens (tertiary/aromatic N) is 6. The molecule has 0 saturated carbocycles. The minimum Gasteiger partial charge on any atom is -0.380 e. The van der Waals surface area contributed by atoms with Crippen molar-refractivity contribution < 1.29 is 9.13 Å². The summed E-state index contributed by atoms with van der Waals surface area (Å²) < 4.78 is 19.9. The van der Waals surface area contributed by atoms with Gasteiger partial charge in [0.05, 0.1) is 23.4 Å². The summed E-state index contributed by atoms with van der Waals surface area (Å²) >= 11 is 1.53. The molecule has 30 heavy (non-hydrogen) atoms. The number of methoxy groups -OCH3 is 1. The van der Waals surface area contributed by atoms with Gasteiger partial charge in [0.2, 0.25) is 5.95 Å². The molecule has 3 aromatic rings. The van der Waals surface area contributed by atoms with Crippen LogP contribution in [0.3, 0.4) is 0 Å². The summed E-state index contributed by atoms with van der Waals surface area (Å²) in [6.45, 7) is 4.42. The van der Waals surface area contributed by atoms with Crippen molar-refractivity contribution in [2.24, 2.45) is 0 Å². The van der Waals surface area contributed by atoms with Gasteiger partial charge in [-0.3, -0.25) is 0 Å². The second-order valence-electron chi connectivity index (χ2n) is 7.69. The number of fused-ring (bicyclic) bond motifs is 1. The Morgan fingerprint density at radius 3 is 2.87 bits per heavy atom. The molecule has 0 N–H and O–H groups in total. The zero-order chi connectivity index (χ0) is 20.7. The molecule has 2 atom stereocenters. The van der Waals surface area contributed by atoms with Crippen LogP contribution in [0.1, 0.15) is 30.6 Å². The number of aromatic nitrogens is 4. The van der Waals surface area contributed by atoms with E-state index in [0.717, 1.165) is 55.1 Å². The lowest BCUT2D eigenvalue weighted by Gasteiger charge is -2.36. The van der Waals surface area contributed by atoms with Crippen molar-refractivity contribution in [2.45, 2.75) is 31.9 Å². The van der Waals surface area contributed by atoms with Crippen molar-refractivity contribution in [3.05, 3.63) is 46.4 Å². The summed E-state index contributed by atoms with van der Waals surface area (Å²) in [7, 11) is 1.72. The number of pyridine rings is 1. The van der Waals surface area contributed by atoms with Crippen LogP contribution in [0.2, 0.25) is 0 Å². The number of anilines is 2. The van der Waals surface area contributed by atoms with Crippen LogP contribution in [0.25, 0.3) is 11.5 Å². The standard InChI is InChI=1S/C21H23FN6OS/c1-13-16-9-23-21(18-11-30-12-24-18)25-17(16)4-6-28(13)14-7-19(22)26-20(8-14)27-5-3-15(10-27)29-2/h7-9,11-13,15H,3-6,10H2,1-2H3/t13?,15-/m0/s1. The monoisotopic (exact) mass is 426 g/mol. The normalized spacial score (nSPS) is 21.2. The highest BCUT2D eigenvalue weighted by molar-refractivity contribution is 7.07. The van der Waals surface area contributed by atoms with Crippen LogP contribution in [-0.4, -0.2) is 52.8 Å². The molecular weight excluding hydrogens is 403 g/mol. The van der Waals surface area contributed by atoms with E-state index in [0.29, 0.717) is 11.6 Å². The molecule has 0 radical (unpaired) electrons. The Morgan fingerprint density at radius 1 is 1.20 bits per heavy atom. The van der Waals surface area contributed by atoms with Gasteiger partial charge in [0.25, 0.3) is 0 Å². The Morgan fingerprint density at radius 2 is 2.10 bits per heavy atom. The maximum absolute atomic E-state index is 14.4. The summed E-state index contributed by atoms with van der Waals surface area (Å²) in [4.78, 5) is 22.0. The molecular formula is C21H23FN6OS. The molecule has 0 amide bonds. The fraction of sp³-hybridized carbons (Fsp3) is 0.429. The average molecular weight is 427 g/mol. The Kier molecular flexibility index (Phi) is 5.08. The molecule has 0 aromatic carbocycles. The van der Waals surface area contributed by atoms with Crippen LogP contribution in [0.15, 0.2) is 29.2 Å². The number of ether oxygens (including phenoxy) is 1. The van der Waals surface area contributed by atoms with Gasteiger partial charge in [-0.25, -0.2) is 19.9 Å². The van der Waals surface area contributed by atoms with Crippen LogP contribution < -0.4 is 9.80 Å². The maximum atomic E-state index is 14.4. The summed E-state index contributed by atoms with van der Waals surface area (Å²) in [6, 6.07) is 3.53. The molecule has 2 aliphatic heterocycles. The molecule has 1 unspecified atom stereocenters. The molecule has 7 nitrogen and oxygen atoms in total. The first-order chi connectivity index (χ1) is 14.6. The first kappa shape index (κ1) is 19.3. The average Bonchev–Trinajstić information content (AvgIpc) is 3.45. The van der Waals surface area contributed by atoms with E-state index >= 15 is 0 Å². The largest absolute Gasteiger partial charge is 0.380 e. The summed E-state index contributed by atoms with van der Waals surface area (Å²) in [5.41, 5.74) is 5.53. The molecule has 1 fully saturated rings. The smallest absolute Gasteiger partial charge is 0.216 e. The summed E-state index contributed by atoms with van der Waals surface area (Å²) in [5.74, 6) is 0.865. The molecule has 3 aromatic heterocycles. The predicted octanol–water partition coefficient (Wildman–Crippen LogP) is 3.48. The molecule has 9 heteroatoms. The molecule has 2 aliphatic rings. The lowest BCUT2D eigenvalue weighted by molar-refractivity contribution is 0.121. The summed E-state index contributed by atoms with van der Waals surface area (Å²) in [6.07, 6.45) is 3.75. The van der Waals surface area contributed by atoms with E-state index in [1.807, 2.05) is 17.6 Å². The van der Waals surface area contributed by atoms with Gasteiger partial charge in [0.15, 0.2) is 5.82 Å². The van der Waals surface area contributed by atoms with E-state index < -0.39 is 5.95 Å². The first-order valence-corrected chi connectivity index (χ1v) is 11.0. The quantitative estimate of drug-likeness (QED) is 0.592. The molecule has 0 bridgehead atoms. The van der Waals surface area contributed by atoms with E-state index in [2.05, 4.69) is 31.7 Å². The molecule has 5 rings (SSSR count). The van der Waals surface area contributed by atoms with Gasteiger partial charge in [-0.2, -0.15) is 4.39 Å². The third-order valence-electron chi connectivity index (χ3n) is 5.97. The lowest BCUT2D eigenvalue weighted by atomic mass is 9.99.